The molecular weight excluding hydrogens is 480 g/mol. The molecule has 1 aliphatic heterocycles. The zero-order valence-corrected chi connectivity index (χ0v) is 19.5. The van der Waals surface area contributed by atoms with Crippen molar-refractivity contribution in [1.82, 2.24) is 39.5 Å². The van der Waals surface area contributed by atoms with E-state index in [1.165, 1.54) is 22.7 Å². The van der Waals surface area contributed by atoms with Gasteiger partial charge in [0.25, 0.3) is 6.43 Å². The molecule has 1 saturated heterocycles. The van der Waals surface area contributed by atoms with E-state index in [4.69, 9.17) is 5.73 Å². The first-order valence-electron chi connectivity index (χ1n) is 11.3. The Morgan fingerprint density at radius 3 is 2.86 bits per heavy atom. The average Bonchev–Trinajstić information content (AvgIpc) is 3.35. The van der Waals surface area contributed by atoms with Gasteiger partial charge < -0.3 is 16.0 Å². The zero-order valence-electron chi connectivity index (χ0n) is 19.5. The molecule has 0 aromatic carbocycles. The lowest BCUT2D eigenvalue weighted by Crippen LogP contribution is -2.55. The lowest BCUT2D eigenvalue weighted by Gasteiger charge is -2.40. The summed E-state index contributed by atoms with van der Waals surface area (Å²) in [7, 11) is 1.85. The van der Waals surface area contributed by atoms with Gasteiger partial charge in [0.05, 0.1) is 23.5 Å². The van der Waals surface area contributed by atoms with E-state index < -0.39 is 30.5 Å². The first kappa shape index (κ1) is 23.9. The number of nitrogens with zero attached hydrogens (tertiary/aromatic N) is 8. The third-order valence-corrected chi connectivity index (χ3v) is 6.18. The summed E-state index contributed by atoms with van der Waals surface area (Å²) in [5.74, 6) is -0.706. The topological polar surface area (TPSA) is 115 Å². The van der Waals surface area contributed by atoms with Crippen LogP contribution in [0.25, 0.3) is 27.9 Å². The molecule has 1 aliphatic rings. The van der Waals surface area contributed by atoms with Crippen LogP contribution >= 0.6 is 0 Å². The Hall–Kier alpha value is -3.81. The summed E-state index contributed by atoms with van der Waals surface area (Å²) in [5, 5.41) is 14.8. The minimum atomic E-state index is -2.66. The summed E-state index contributed by atoms with van der Waals surface area (Å²) >= 11 is 0. The quantitative estimate of drug-likeness (QED) is 0.304. The summed E-state index contributed by atoms with van der Waals surface area (Å²) in [6.07, 6.45) is 2.10. The van der Waals surface area contributed by atoms with Crippen molar-refractivity contribution in [1.29, 1.82) is 0 Å². The number of piperidine rings is 1. The number of nitrogen functional groups attached to an aromatic ring is 1. The second-order valence-electron chi connectivity index (χ2n) is 8.82. The second kappa shape index (κ2) is 9.00. The Morgan fingerprint density at radius 2 is 2.11 bits per heavy atom. The number of halogens is 4. The maximum absolute atomic E-state index is 15.7. The van der Waals surface area contributed by atoms with Gasteiger partial charge in [0, 0.05) is 13.1 Å². The second-order valence-corrected chi connectivity index (χ2v) is 8.82. The van der Waals surface area contributed by atoms with Crippen LogP contribution < -0.4 is 11.1 Å². The molecule has 4 aromatic heterocycles. The van der Waals surface area contributed by atoms with Crippen LogP contribution in [0.4, 0.5) is 29.3 Å². The number of pyridine rings is 1. The van der Waals surface area contributed by atoms with Gasteiger partial charge in [-0.25, -0.2) is 31.7 Å². The van der Waals surface area contributed by atoms with Crippen molar-refractivity contribution in [3.8, 4) is 11.3 Å². The van der Waals surface area contributed by atoms with Gasteiger partial charge in [-0.15, -0.1) is 10.2 Å². The van der Waals surface area contributed by atoms with Crippen LogP contribution in [0.5, 0.6) is 0 Å². The molecule has 14 heteroatoms. The SMILES string of the molecule is C/C=C/C1(F)CN(C)CC[C@H]1Nc1nc(N)c2c(-c3ccc4nnn(CC(F)F)c4n3)c(F)cn2n1. The number of rotatable bonds is 6. The highest BCUT2D eigenvalue weighted by Crippen LogP contribution is 2.33. The van der Waals surface area contributed by atoms with Crippen molar-refractivity contribution in [3.63, 3.8) is 0 Å². The molecule has 3 N–H and O–H groups in total. The number of hydrogen-bond donors (Lipinski definition) is 2. The Labute approximate surface area is 202 Å². The number of likely N-dealkylation sites (tertiary alicyclic amines) is 1. The van der Waals surface area contributed by atoms with E-state index in [2.05, 4.69) is 30.7 Å². The van der Waals surface area contributed by atoms with Crippen LogP contribution in [0.3, 0.4) is 0 Å². The number of hydrogen-bond acceptors (Lipinski definition) is 8. The molecule has 1 unspecified atom stereocenters. The van der Waals surface area contributed by atoms with Crippen molar-refractivity contribution in [2.45, 2.75) is 38.0 Å². The van der Waals surface area contributed by atoms with E-state index in [0.29, 0.717) is 13.0 Å². The van der Waals surface area contributed by atoms with Crippen molar-refractivity contribution < 1.29 is 17.6 Å². The number of fused-ring (bicyclic) bond motifs is 2. The van der Waals surface area contributed by atoms with Crippen molar-refractivity contribution in [3.05, 3.63) is 36.3 Å². The largest absolute Gasteiger partial charge is 0.382 e. The van der Waals surface area contributed by atoms with Gasteiger partial charge in [0.1, 0.15) is 17.6 Å². The highest BCUT2D eigenvalue weighted by molar-refractivity contribution is 5.88. The Balaban J connectivity index is 1.53. The third kappa shape index (κ3) is 4.21. The molecule has 0 saturated carbocycles. The summed E-state index contributed by atoms with van der Waals surface area (Å²) in [4.78, 5) is 10.5. The molecule has 0 radical (unpaired) electrons. The van der Waals surface area contributed by atoms with Crippen molar-refractivity contribution in [2.24, 2.45) is 0 Å². The van der Waals surface area contributed by atoms with E-state index in [0.717, 1.165) is 10.9 Å². The Bertz CT molecular complexity index is 1450. The number of anilines is 2. The van der Waals surface area contributed by atoms with Gasteiger partial charge in [0.15, 0.2) is 23.0 Å². The smallest absolute Gasteiger partial charge is 0.258 e. The normalized spacial score (nSPS) is 21.4. The van der Waals surface area contributed by atoms with Gasteiger partial charge in [-0.2, -0.15) is 4.98 Å². The minimum Gasteiger partial charge on any atom is -0.382 e. The maximum atomic E-state index is 15.7. The molecule has 0 bridgehead atoms. The molecule has 5 heterocycles. The number of nitrogens with one attached hydrogen (secondary N) is 1. The summed E-state index contributed by atoms with van der Waals surface area (Å²) in [6.45, 7) is 1.91. The lowest BCUT2D eigenvalue weighted by molar-refractivity contribution is 0.0865. The molecule has 1 fully saturated rings. The number of nitrogens with two attached hydrogens (primary N) is 1. The monoisotopic (exact) mass is 504 g/mol. The van der Waals surface area contributed by atoms with E-state index in [1.807, 2.05) is 11.9 Å². The highest BCUT2D eigenvalue weighted by Gasteiger charge is 2.41. The highest BCUT2D eigenvalue weighted by atomic mass is 19.3. The first-order valence-corrected chi connectivity index (χ1v) is 11.3. The third-order valence-electron chi connectivity index (χ3n) is 6.18. The Morgan fingerprint density at radius 1 is 1.31 bits per heavy atom. The summed E-state index contributed by atoms with van der Waals surface area (Å²) in [6, 6.07) is 2.37. The fraction of sp³-hybridized carbons (Fsp3) is 0.409. The first-order chi connectivity index (χ1) is 17.2. The molecule has 2 atom stereocenters. The lowest BCUT2D eigenvalue weighted by atomic mass is 9.89. The number of aromatic nitrogens is 7. The molecule has 0 aliphatic carbocycles. The van der Waals surface area contributed by atoms with Crippen LogP contribution in [0.2, 0.25) is 0 Å². The van der Waals surface area contributed by atoms with Gasteiger partial charge in [-0.3, -0.25) is 0 Å². The molecule has 5 rings (SSSR count). The number of alkyl halides is 3. The standard InChI is InChI=1S/C22H24F4N10/c1-3-7-22(26)11-34(2)8-6-15(22)29-21-30-19(27)18-17(12(23)9-35(18)32-21)13-4-5-14-20(28-13)36(33-31-14)10-16(24)25/h3-5,7,9,15-16H,6,8,10-11H2,1-2H3,(H3,27,29,30,32)/b7-3+/t15-,22?/m1/s1. The van der Waals surface area contributed by atoms with E-state index >= 15 is 8.78 Å². The van der Waals surface area contributed by atoms with Crippen LogP contribution in [0.15, 0.2) is 30.5 Å². The molecule has 4 aromatic rings. The van der Waals surface area contributed by atoms with E-state index in [1.54, 1.807) is 13.0 Å². The van der Waals surface area contributed by atoms with Crippen LogP contribution in [0.1, 0.15) is 13.3 Å². The van der Waals surface area contributed by atoms with Gasteiger partial charge in [0.2, 0.25) is 5.95 Å². The van der Waals surface area contributed by atoms with Gasteiger partial charge in [-0.05, 0) is 38.6 Å². The van der Waals surface area contributed by atoms with Crippen LogP contribution in [0, 0.1) is 5.82 Å². The van der Waals surface area contributed by atoms with E-state index in [9.17, 15) is 8.78 Å². The van der Waals surface area contributed by atoms with Gasteiger partial charge >= 0.3 is 0 Å². The molecule has 36 heavy (non-hydrogen) atoms. The fourth-order valence-corrected chi connectivity index (χ4v) is 4.62. The molecule has 190 valence electrons. The summed E-state index contributed by atoms with van der Waals surface area (Å²) < 4.78 is 58.8. The maximum Gasteiger partial charge on any atom is 0.258 e. The minimum absolute atomic E-state index is 0.00112. The predicted molar refractivity (Wildman–Crippen MR) is 126 cm³/mol. The van der Waals surface area contributed by atoms with Crippen LogP contribution in [-0.2, 0) is 6.54 Å². The fourth-order valence-electron chi connectivity index (χ4n) is 4.62. The van der Waals surface area contributed by atoms with Crippen LogP contribution in [-0.4, -0.2) is 77.7 Å². The molecule has 10 nitrogen and oxygen atoms in total. The molecule has 0 amide bonds. The predicted octanol–water partition coefficient (Wildman–Crippen LogP) is 2.92. The average molecular weight is 504 g/mol. The van der Waals surface area contributed by atoms with E-state index in [-0.39, 0.29) is 46.2 Å². The van der Waals surface area contributed by atoms with Crippen molar-refractivity contribution in [2.75, 3.05) is 31.2 Å². The Kier molecular flexibility index (Phi) is 5.98. The van der Waals surface area contributed by atoms with Crippen molar-refractivity contribution >= 4 is 28.4 Å². The number of allylic oxidation sites excluding steroid dienone is 1. The summed E-state index contributed by atoms with van der Waals surface area (Å²) in [5.41, 5.74) is 5.17. The zero-order chi connectivity index (χ0) is 25.6. The van der Waals surface area contributed by atoms with Gasteiger partial charge in [-0.1, -0.05) is 11.3 Å². The molecular formula is C22H24F4N10. The molecule has 0 spiro atoms.